The maximum absolute atomic E-state index is 5.90. The lowest BCUT2D eigenvalue weighted by molar-refractivity contribution is 0.582. The Kier molecular flexibility index (Phi) is 16.0. The van der Waals surface area contributed by atoms with Crippen molar-refractivity contribution in [3.05, 3.63) is 297 Å². The molecule has 14 aromatic rings. The molecule has 0 atom stereocenters. The average molecular weight is 1120 g/mol. The molecule has 14 rings (SSSR count). The second-order valence-corrected chi connectivity index (χ2v) is 23.3. The number of benzene rings is 10. The van der Waals surface area contributed by atoms with Gasteiger partial charge in [0.25, 0.3) is 0 Å². The molecule has 0 aliphatic rings. The summed E-state index contributed by atoms with van der Waals surface area (Å²) in [7, 11) is 0. The summed E-state index contributed by atoms with van der Waals surface area (Å²) in [5.41, 5.74) is 19.2. The van der Waals surface area contributed by atoms with Crippen LogP contribution in [0.3, 0.4) is 0 Å². The Hall–Kier alpha value is -10.7. The molecule has 0 radical (unpaired) electrons. The van der Waals surface area contributed by atoms with Gasteiger partial charge in [0, 0.05) is 51.1 Å². The molecule has 8 heteroatoms. The van der Waals surface area contributed by atoms with Crippen LogP contribution in [0.2, 0.25) is 0 Å². The van der Waals surface area contributed by atoms with Crippen LogP contribution < -0.4 is 0 Å². The Morgan fingerprint density at radius 1 is 0.279 bits per heavy atom. The number of hydrogen-bond acceptors (Lipinski definition) is 7. The van der Waals surface area contributed by atoms with Crippen LogP contribution in [0.4, 0.5) is 0 Å². The molecular weight excluding hydrogens is 1050 g/mol. The van der Waals surface area contributed by atoms with E-state index in [4.69, 9.17) is 4.42 Å². The number of aromatic nitrogens is 7. The highest BCUT2D eigenvalue weighted by Gasteiger charge is 2.20. The Labute approximate surface area is 503 Å². The maximum atomic E-state index is 5.90. The molecular formula is C78H65N7O. The van der Waals surface area contributed by atoms with Gasteiger partial charge < -0.3 is 4.42 Å². The lowest BCUT2D eigenvalue weighted by Gasteiger charge is -2.19. The number of rotatable bonds is 9. The predicted octanol–water partition coefficient (Wildman–Crippen LogP) is 20.1. The van der Waals surface area contributed by atoms with Crippen LogP contribution in [0.1, 0.15) is 52.7 Å². The van der Waals surface area contributed by atoms with E-state index >= 15 is 0 Å². The first-order chi connectivity index (χ1) is 41.9. The van der Waals surface area contributed by atoms with Crippen molar-refractivity contribution >= 4 is 21.8 Å². The van der Waals surface area contributed by atoms with Crippen molar-refractivity contribution < 1.29 is 4.42 Å². The van der Waals surface area contributed by atoms with Gasteiger partial charge in [0.1, 0.15) is 0 Å². The highest BCUT2D eigenvalue weighted by atomic mass is 16.4. The van der Waals surface area contributed by atoms with Crippen LogP contribution in [0.25, 0.3) is 118 Å². The van der Waals surface area contributed by atoms with E-state index in [0.29, 0.717) is 11.8 Å². The van der Waals surface area contributed by atoms with E-state index in [1.165, 1.54) is 50.1 Å². The number of para-hydroxylation sites is 1. The average Bonchev–Trinajstić information content (AvgIpc) is 3.59. The van der Waals surface area contributed by atoms with Crippen molar-refractivity contribution in [3.8, 4) is 95.9 Å². The van der Waals surface area contributed by atoms with Crippen LogP contribution in [-0.4, -0.2) is 34.9 Å². The summed E-state index contributed by atoms with van der Waals surface area (Å²) in [5.74, 6) is 2.74. The second-order valence-electron chi connectivity index (χ2n) is 23.3. The molecule has 0 saturated heterocycles. The monoisotopic (exact) mass is 1120 g/mol. The van der Waals surface area contributed by atoms with E-state index in [2.05, 4.69) is 271 Å². The van der Waals surface area contributed by atoms with Gasteiger partial charge in [-0.05, 0) is 115 Å². The van der Waals surface area contributed by atoms with E-state index in [1.54, 1.807) is 0 Å². The zero-order chi connectivity index (χ0) is 59.0. The SMILES string of the molecule is CC(C)(C)c1ccc(-c2nnc(-c3ccc(-c4ccccc4)cc3)n2-c2ccccc2)cc1.CC(C)(C)c1ccc(-c2nnc(-c3ccc(-c4ccccc4)cc3)o2)cc1.c1ccc(-c2ccnc3c2ccc2c(-c4ccccc4)ccnc23)cc1. The molecule has 10 aromatic carbocycles. The molecule has 0 aliphatic heterocycles. The summed E-state index contributed by atoms with van der Waals surface area (Å²) in [6.07, 6.45) is 3.75. The second kappa shape index (κ2) is 24.6. The fraction of sp³-hybridized carbons (Fsp3) is 0.103. The molecule has 0 fully saturated rings. The van der Waals surface area contributed by atoms with E-state index < -0.39 is 0 Å². The van der Waals surface area contributed by atoms with Crippen LogP contribution in [0, 0.1) is 0 Å². The fourth-order valence-electron chi connectivity index (χ4n) is 10.6. The fourth-order valence-corrected chi connectivity index (χ4v) is 10.6. The van der Waals surface area contributed by atoms with Crippen molar-refractivity contribution in [3.63, 3.8) is 0 Å². The molecule has 0 aliphatic carbocycles. The standard InChI is InChI=1S/C30H27N3.C24H22N2O.C24H16N2/c1-30(2,3)26-20-18-25(19-21-26)29-32-31-28(33(29)27-12-8-5-9-13-27)24-16-14-23(15-17-24)22-10-6-4-7-11-22;1-24(2,3)21-15-13-20(14-16-21)23-26-25-22(27-23)19-11-9-18(10-12-19)17-7-5-4-6-8-17;1-3-7-17(8-4-1)19-13-15-25-23-21(19)11-12-22-20(14-16-26-24(22)23)18-9-5-2-6-10-18/h4-21H,1-3H3;4-16H,1-3H3;1-16H. The van der Waals surface area contributed by atoms with E-state index in [1.807, 2.05) is 91.3 Å². The first-order valence-electron chi connectivity index (χ1n) is 29.1. The normalized spacial score (nSPS) is 11.4. The van der Waals surface area contributed by atoms with Crippen LogP contribution in [-0.2, 0) is 10.8 Å². The van der Waals surface area contributed by atoms with Crippen molar-refractivity contribution in [2.75, 3.05) is 0 Å². The maximum Gasteiger partial charge on any atom is 0.248 e. The molecule has 4 heterocycles. The molecule has 86 heavy (non-hydrogen) atoms. The highest BCUT2D eigenvalue weighted by Crippen LogP contribution is 2.37. The van der Waals surface area contributed by atoms with E-state index in [-0.39, 0.29) is 10.8 Å². The van der Waals surface area contributed by atoms with E-state index in [0.717, 1.165) is 67.0 Å². The Morgan fingerprint density at radius 3 is 0.953 bits per heavy atom. The summed E-state index contributed by atoms with van der Waals surface area (Å²) < 4.78 is 8.05. The summed E-state index contributed by atoms with van der Waals surface area (Å²) >= 11 is 0. The zero-order valence-corrected chi connectivity index (χ0v) is 49.2. The first-order valence-corrected chi connectivity index (χ1v) is 29.1. The van der Waals surface area contributed by atoms with Gasteiger partial charge in [-0.2, -0.15) is 0 Å². The quantitative estimate of drug-likeness (QED) is 0.133. The van der Waals surface area contributed by atoms with Gasteiger partial charge in [-0.15, -0.1) is 20.4 Å². The van der Waals surface area contributed by atoms with Gasteiger partial charge in [-0.3, -0.25) is 14.5 Å². The number of pyridine rings is 2. The smallest absolute Gasteiger partial charge is 0.248 e. The van der Waals surface area contributed by atoms with Gasteiger partial charge in [0.15, 0.2) is 11.6 Å². The molecule has 0 N–H and O–H groups in total. The minimum atomic E-state index is 0.108. The molecule has 0 saturated carbocycles. The third-order valence-electron chi connectivity index (χ3n) is 15.4. The summed E-state index contributed by atoms with van der Waals surface area (Å²) in [6, 6.07) is 94.1. The molecule has 8 nitrogen and oxygen atoms in total. The van der Waals surface area contributed by atoms with Gasteiger partial charge in [-0.1, -0.05) is 266 Å². The van der Waals surface area contributed by atoms with Gasteiger partial charge in [0.05, 0.1) is 11.0 Å². The Morgan fingerprint density at radius 2 is 0.581 bits per heavy atom. The van der Waals surface area contributed by atoms with E-state index in [9.17, 15) is 0 Å². The highest BCUT2D eigenvalue weighted by molar-refractivity contribution is 6.11. The molecule has 0 amide bonds. The Bertz CT molecular complexity index is 4420. The van der Waals surface area contributed by atoms with Crippen LogP contribution >= 0.6 is 0 Å². The molecule has 0 spiro atoms. The van der Waals surface area contributed by atoms with Crippen molar-refractivity contribution in [1.29, 1.82) is 0 Å². The lowest BCUT2D eigenvalue weighted by Crippen LogP contribution is -2.10. The summed E-state index contributed by atoms with van der Waals surface area (Å²) in [4.78, 5) is 9.34. The number of fused-ring (bicyclic) bond motifs is 3. The minimum Gasteiger partial charge on any atom is -0.416 e. The lowest BCUT2D eigenvalue weighted by atomic mass is 9.86. The van der Waals surface area contributed by atoms with Crippen molar-refractivity contribution in [1.82, 2.24) is 34.9 Å². The molecule has 4 aromatic heterocycles. The van der Waals surface area contributed by atoms with Gasteiger partial charge in [-0.25, -0.2) is 0 Å². The Balaban J connectivity index is 0.000000127. The minimum absolute atomic E-state index is 0.108. The molecule has 0 bridgehead atoms. The molecule has 418 valence electrons. The summed E-state index contributed by atoms with van der Waals surface area (Å²) in [5, 5.41) is 19.9. The van der Waals surface area contributed by atoms with Crippen molar-refractivity contribution in [2.45, 2.75) is 52.4 Å². The van der Waals surface area contributed by atoms with Crippen LogP contribution in [0.15, 0.2) is 290 Å². The number of nitrogens with zero attached hydrogens (tertiary/aromatic N) is 7. The van der Waals surface area contributed by atoms with Gasteiger partial charge >= 0.3 is 0 Å². The van der Waals surface area contributed by atoms with Crippen molar-refractivity contribution in [2.24, 2.45) is 0 Å². The number of hydrogen-bond donors (Lipinski definition) is 0. The largest absolute Gasteiger partial charge is 0.416 e. The topological polar surface area (TPSA) is 95.4 Å². The first kappa shape index (κ1) is 55.8. The molecule has 0 unspecified atom stereocenters. The van der Waals surface area contributed by atoms with Crippen LogP contribution in [0.5, 0.6) is 0 Å². The third-order valence-corrected chi connectivity index (χ3v) is 15.4. The predicted molar refractivity (Wildman–Crippen MR) is 354 cm³/mol. The zero-order valence-electron chi connectivity index (χ0n) is 49.2. The van der Waals surface area contributed by atoms with Gasteiger partial charge in [0.2, 0.25) is 11.8 Å². The third kappa shape index (κ3) is 12.3. The summed E-state index contributed by atoms with van der Waals surface area (Å²) in [6.45, 7) is 13.3.